The Kier molecular flexibility index (Phi) is 6.50. The lowest BCUT2D eigenvalue weighted by Gasteiger charge is -2.16. The molecular formula is C21H22O3. The fourth-order valence-electron chi connectivity index (χ4n) is 2.51. The van der Waals surface area contributed by atoms with Gasteiger partial charge in [-0.2, -0.15) is 0 Å². The Hall–Kier alpha value is -2.68. The molecule has 0 bridgehead atoms. The third kappa shape index (κ3) is 4.92. The van der Waals surface area contributed by atoms with Gasteiger partial charge in [-0.25, -0.2) is 4.79 Å². The van der Waals surface area contributed by atoms with Gasteiger partial charge in [0.15, 0.2) is 5.78 Å². The van der Waals surface area contributed by atoms with Gasteiger partial charge in [-0.3, -0.25) is 4.79 Å². The fraction of sp³-hybridized carbons (Fsp3) is 0.238. The molecule has 124 valence electrons. The average molecular weight is 322 g/mol. The third-order valence-electron chi connectivity index (χ3n) is 3.80. The quantitative estimate of drug-likeness (QED) is 0.310. The summed E-state index contributed by atoms with van der Waals surface area (Å²) in [7, 11) is 0. The van der Waals surface area contributed by atoms with E-state index < -0.39 is 0 Å². The van der Waals surface area contributed by atoms with Gasteiger partial charge in [0, 0.05) is 17.1 Å². The number of Topliss-reactive ketones (excluding diaryl/α,β-unsaturated/α-hetero) is 1. The average Bonchev–Trinajstić information content (AvgIpc) is 2.62. The summed E-state index contributed by atoms with van der Waals surface area (Å²) in [4.78, 5) is 24.3. The molecule has 0 heterocycles. The number of rotatable bonds is 8. The molecule has 0 saturated carbocycles. The maximum absolute atomic E-state index is 12.9. The first-order valence-corrected chi connectivity index (χ1v) is 8.06. The maximum Gasteiger partial charge on any atom is 0.333 e. The Morgan fingerprint density at radius 1 is 1.00 bits per heavy atom. The molecule has 0 aliphatic heterocycles. The molecule has 3 heteroatoms. The number of ether oxygens (including phenoxy) is 1. The molecule has 0 N–H and O–H groups in total. The summed E-state index contributed by atoms with van der Waals surface area (Å²) < 4.78 is 5.13. The molecule has 3 nitrogen and oxygen atoms in total. The monoisotopic (exact) mass is 322 g/mol. The fourth-order valence-corrected chi connectivity index (χ4v) is 2.51. The lowest BCUT2D eigenvalue weighted by Crippen LogP contribution is -2.15. The van der Waals surface area contributed by atoms with Crippen LogP contribution in [0.2, 0.25) is 0 Å². The highest BCUT2D eigenvalue weighted by Crippen LogP contribution is 2.25. The summed E-state index contributed by atoms with van der Waals surface area (Å²) in [5, 5.41) is 0. The molecular weight excluding hydrogens is 300 g/mol. The third-order valence-corrected chi connectivity index (χ3v) is 3.80. The smallest absolute Gasteiger partial charge is 0.333 e. The minimum absolute atomic E-state index is 0.0908. The first kappa shape index (κ1) is 17.7. The van der Waals surface area contributed by atoms with Crippen molar-refractivity contribution in [3.8, 4) is 0 Å². The van der Waals surface area contributed by atoms with Gasteiger partial charge in [0.25, 0.3) is 0 Å². The van der Waals surface area contributed by atoms with Crippen LogP contribution in [-0.2, 0) is 9.53 Å². The van der Waals surface area contributed by atoms with Crippen LogP contribution in [0.1, 0.15) is 41.6 Å². The van der Waals surface area contributed by atoms with Gasteiger partial charge < -0.3 is 4.74 Å². The van der Waals surface area contributed by atoms with Gasteiger partial charge in [0.2, 0.25) is 0 Å². The van der Waals surface area contributed by atoms with Crippen LogP contribution in [0, 0.1) is 0 Å². The van der Waals surface area contributed by atoms with Gasteiger partial charge >= 0.3 is 5.97 Å². The van der Waals surface area contributed by atoms with Gasteiger partial charge in [-0.15, -0.1) is 0 Å². The highest BCUT2D eigenvalue weighted by molar-refractivity contribution is 6.00. The van der Waals surface area contributed by atoms with E-state index in [0.717, 1.165) is 5.56 Å². The van der Waals surface area contributed by atoms with E-state index in [9.17, 15) is 9.59 Å². The molecule has 1 atom stereocenters. The molecule has 0 radical (unpaired) electrons. The number of esters is 1. The van der Waals surface area contributed by atoms with Crippen molar-refractivity contribution in [3.63, 3.8) is 0 Å². The van der Waals surface area contributed by atoms with E-state index in [1.807, 2.05) is 60.7 Å². The first-order chi connectivity index (χ1) is 11.6. The summed E-state index contributed by atoms with van der Waals surface area (Å²) in [5.74, 6) is -0.536. The predicted molar refractivity (Wildman–Crippen MR) is 95.0 cm³/mol. The molecule has 1 unspecified atom stereocenters. The largest absolute Gasteiger partial charge is 0.462 e. The number of hydrogen-bond acceptors (Lipinski definition) is 3. The lowest BCUT2D eigenvalue weighted by atomic mass is 9.87. The van der Waals surface area contributed by atoms with Crippen LogP contribution >= 0.6 is 0 Å². The van der Waals surface area contributed by atoms with Crippen molar-refractivity contribution in [2.24, 2.45) is 0 Å². The summed E-state index contributed by atoms with van der Waals surface area (Å²) in [6.07, 6.45) is 1.25. The lowest BCUT2D eigenvalue weighted by molar-refractivity contribution is -0.139. The van der Waals surface area contributed by atoms with E-state index in [4.69, 9.17) is 4.74 Å². The van der Waals surface area contributed by atoms with E-state index in [0.29, 0.717) is 24.0 Å². The zero-order valence-corrected chi connectivity index (χ0v) is 13.9. The van der Waals surface area contributed by atoms with Crippen molar-refractivity contribution in [1.82, 2.24) is 0 Å². The van der Waals surface area contributed by atoms with Crippen molar-refractivity contribution >= 4 is 11.8 Å². The summed E-state index contributed by atoms with van der Waals surface area (Å²) in [6.45, 7) is 5.46. The normalized spacial score (nSPS) is 11.5. The van der Waals surface area contributed by atoms with Crippen LogP contribution in [0.15, 0.2) is 72.8 Å². The number of benzene rings is 2. The van der Waals surface area contributed by atoms with E-state index in [1.165, 1.54) is 0 Å². The number of carbonyl (C=O) groups excluding carboxylic acids is 2. The van der Waals surface area contributed by atoms with E-state index in [2.05, 4.69) is 6.58 Å². The van der Waals surface area contributed by atoms with Gasteiger partial charge in [0.1, 0.15) is 0 Å². The Labute approximate surface area is 143 Å². The maximum atomic E-state index is 12.9. The second kappa shape index (κ2) is 8.82. The van der Waals surface area contributed by atoms with Crippen LogP contribution in [0.4, 0.5) is 0 Å². The van der Waals surface area contributed by atoms with Crippen molar-refractivity contribution < 1.29 is 14.3 Å². The van der Waals surface area contributed by atoms with Gasteiger partial charge in [0.05, 0.1) is 6.61 Å². The van der Waals surface area contributed by atoms with Crippen LogP contribution in [0.5, 0.6) is 0 Å². The van der Waals surface area contributed by atoms with Crippen molar-refractivity contribution in [1.29, 1.82) is 0 Å². The topological polar surface area (TPSA) is 43.4 Å². The molecule has 2 aromatic carbocycles. The van der Waals surface area contributed by atoms with Gasteiger partial charge in [-0.1, -0.05) is 67.2 Å². The highest BCUT2D eigenvalue weighted by Gasteiger charge is 2.21. The van der Waals surface area contributed by atoms with Crippen molar-refractivity contribution in [2.45, 2.75) is 25.7 Å². The first-order valence-electron chi connectivity index (χ1n) is 8.06. The van der Waals surface area contributed by atoms with Crippen LogP contribution in [-0.4, -0.2) is 18.4 Å². The van der Waals surface area contributed by atoms with Crippen LogP contribution in [0.25, 0.3) is 0 Å². The summed E-state index contributed by atoms with van der Waals surface area (Å²) in [5.41, 5.74) is 2.07. The second-order valence-corrected chi connectivity index (χ2v) is 5.75. The summed E-state index contributed by atoms with van der Waals surface area (Å²) in [6, 6.07) is 19.0. The van der Waals surface area contributed by atoms with E-state index in [1.54, 1.807) is 6.92 Å². The number of carbonyl (C=O) groups is 2. The number of hydrogen-bond donors (Lipinski definition) is 0. The zero-order chi connectivity index (χ0) is 17.4. The Bertz CT molecular complexity index is 690. The molecule has 0 fully saturated rings. The molecule has 24 heavy (non-hydrogen) atoms. The number of ketones is 1. The SMILES string of the molecule is C=C(C)C(=O)OCCCC(C(=O)c1ccccc1)c1ccccc1. The van der Waals surface area contributed by atoms with E-state index in [-0.39, 0.29) is 24.3 Å². The second-order valence-electron chi connectivity index (χ2n) is 5.75. The van der Waals surface area contributed by atoms with Gasteiger partial charge in [-0.05, 0) is 25.3 Å². The Morgan fingerprint density at radius 2 is 1.58 bits per heavy atom. The molecule has 0 saturated heterocycles. The molecule has 0 aliphatic carbocycles. The zero-order valence-electron chi connectivity index (χ0n) is 13.9. The minimum Gasteiger partial charge on any atom is -0.462 e. The van der Waals surface area contributed by atoms with Crippen molar-refractivity contribution in [2.75, 3.05) is 6.61 Å². The van der Waals surface area contributed by atoms with Crippen molar-refractivity contribution in [3.05, 3.63) is 83.9 Å². The highest BCUT2D eigenvalue weighted by atomic mass is 16.5. The Balaban J connectivity index is 2.06. The van der Waals surface area contributed by atoms with Crippen LogP contribution < -0.4 is 0 Å². The molecule has 2 rings (SSSR count). The molecule has 0 aliphatic rings. The minimum atomic E-state index is -0.388. The molecule has 0 amide bonds. The molecule has 0 aromatic heterocycles. The van der Waals surface area contributed by atoms with E-state index >= 15 is 0 Å². The standard InChI is InChI=1S/C21H22O3/c1-16(2)21(23)24-15-9-14-19(17-10-5-3-6-11-17)20(22)18-12-7-4-8-13-18/h3-8,10-13,19H,1,9,14-15H2,2H3. The molecule has 2 aromatic rings. The molecule has 0 spiro atoms. The predicted octanol–water partition coefficient (Wildman–Crippen LogP) is 4.55. The Morgan fingerprint density at radius 3 is 2.17 bits per heavy atom. The summed E-state index contributed by atoms with van der Waals surface area (Å²) >= 11 is 0. The van der Waals surface area contributed by atoms with Crippen LogP contribution in [0.3, 0.4) is 0 Å².